The minimum absolute atomic E-state index is 0.0265. The number of hydrogen-bond donors (Lipinski definition) is 2. The number of sulfonamides is 1. The highest BCUT2D eigenvalue weighted by atomic mass is 35.5. The monoisotopic (exact) mass is 648 g/mol. The molecular weight excluding hydrogens is 619 g/mol. The Bertz CT molecular complexity index is 1570. The Morgan fingerprint density at radius 1 is 1.02 bits per heavy atom. The van der Waals surface area contributed by atoms with E-state index in [1.165, 1.54) is 17.2 Å². The summed E-state index contributed by atoms with van der Waals surface area (Å²) in [7, 11) is -9.00. The molecule has 1 unspecified atom stereocenters. The maximum atomic E-state index is 13.2. The SMILES string of the molecule is Cc1cc(Cl)c(O)c(S(=O)(=O)Oc2c(Cl)cc(Cl)cc2S(=O)(=O)NCCCCN2CCC3=CCC(C)C=C3C2)c1. The van der Waals surface area contributed by atoms with E-state index in [1.54, 1.807) is 6.92 Å². The molecule has 1 aliphatic carbocycles. The number of halogens is 3. The van der Waals surface area contributed by atoms with Crippen molar-refractivity contribution >= 4 is 54.9 Å². The zero-order chi connectivity index (χ0) is 29.2. The normalized spacial score (nSPS) is 18.2. The van der Waals surface area contributed by atoms with Crippen molar-refractivity contribution in [2.24, 2.45) is 5.92 Å². The third-order valence-corrected chi connectivity index (χ3v) is 10.3. The van der Waals surface area contributed by atoms with Gasteiger partial charge in [-0.2, -0.15) is 8.42 Å². The molecule has 218 valence electrons. The zero-order valence-corrected chi connectivity index (χ0v) is 26.0. The smallest absolute Gasteiger partial charge is 0.343 e. The van der Waals surface area contributed by atoms with Crippen LogP contribution in [0.25, 0.3) is 0 Å². The summed E-state index contributed by atoms with van der Waals surface area (Å²) in [6.07, 6.45) is 8.14. The van der Waals surface area contributed by atoms with Gasteiger partial charge in [-0.1, -0.05) is 53.9 Å². The number of allylic oxidation sites excluding steroid dienone is 2. The number of hydrogen-bond acceptors (Lipinski definition) is 7. The van der Waals surface area contributed by atoms with Crippen molar-refractivity contribution in [3.63, 3.8) is 0 Å². The van der Waals surface area contributed by atoms with Crippen molar-refractivity contribution in [2.45, 2.75) is 49.3 Å². The van der Waals surface area contributed by atoms with Gasteiger partial charge in [0.25, 0.3) is 0 Å². The van der Waals surface area contributed by atoms with E-state index in [0.29, 0.717) is 17.9 Å². The molecule has 0 saturated carbocycles. The molecule has 0 spiro atoms. The number of piperidine rings is 1. The molecule has 0 aromatic heterocycles. The van der Waals surface area contributed by atoms with Gasteiger partial charge < -0.3 is 9.29 Å². The van der Waals surface area contributed by atoms with Crippen LogP contribution in [0.5, 0.6) is 11.5 Å². The number of likely N-dealkylation sites (tertiary alicyclic amines) is 1. The summed E-state index contributed by atoms with van der Waals surface area (Å²) < 4.78 is 60.1. The molecule has 1 aliphatic heterocycles. The second-order valence-corrected chi connectivity index (χ2v) is 14.6. The molecule has 0 radical (unpaired) electrons. The summed E-state index contributed by atoms with van der Waals surface area (Å²) in [5.74, 6) is -0.810. The van der Waals surface area contributed by atoms with Crippen LogP contribution < -0.4 is 8.91 Å². The zero-order valence-electron chi connectivity index (χ0n) is 22.1. The number of aryl methyl sites for hydroxylation is 1. The predicted molar refractivity (Wildman–Crippen MR) is 158 cm³/mol. The second-order valence-electron chi connectivity index (χ2n) is 10.1. The maximum absolute atomic E-state index is 13.2. The van der Waals surface area contributed by atoms with Crippen molar-refractivity contribution in [3.8, 4) is 11.5 Å². The number of benzene rings is 2. The van der Waals surface area contributed by atoms with Gasteiger partial charge in [0.1, 0.15) is 9.79 Å². The number of nitrogens with one attached hydrogen (secondary N) is 1. The van der Waals surface area contributed by atoms with Crippen LogP contribution in [-0.2, 0) is 20.1 Å². The lowest BCUT2D eigenvalue weighted by Gasteiger charge is -2.33. The minimum atomic E-state index is -4.73. The average molecular weight is 650 g/mol. The Morgan fingerprint density at radius 3 is 2.52 bits per heavy atom. The van der Waals surface area contributed by atoms with Crippen molar-refractivity contribution in [2.75, 3.05) is 26.2 Å². The number of aromatic hydroxyl groups is 1. The fourth-order valence-corrected chi connectivity index (χ4v) is 8.29. The molecule has 4 rings (SSSR count). The van der Waals surface area contributed by atoms with Gasteiger partial charge in [0.2, 0.25) is 10.0 Å². The number of nitrogens with zero attached hydrogens (tertiary/aromatic N) is 1. The number of phenolic OH excluding ortho intramolecular Hbond substituents is 1. The highest BCUT2D eigenvalue weighted by molar-refractivity contribution is 7.90. The van der Waals surface area contributed by atoms with E-state index in [4.69, 9.17) is 39.0 Å². The maximum Gasteiger partial charge on any atom is 0.343 e. The molecule has 8 nitrogen and oxygen atoms in total. The van der Waals surface area contributed by atoms with Gasteiger partial charge in [-0.05, 0) is 86.0 Å². The van der Waals surface area contributed by atoms with Gasteiger partial charge >= 0.3 is 10.1 Å². The third-order valence-electron chi connectivity index (χ3n) is 6.82. The Balaban J connectivity index is 1.42. The van der Waals surface area contributed by atoms with Gasteiger partial charge in [-0.3, -0.25) is 4.90 Å². The summed E-state index contributed by atoms with van der Waals surface area (Å²) in [6, 6.07) is 4.75. The molecule has 0 amide bonds. The third kappa shape index (κ3) is 7.34. The first-order valence-corrected chi connectivity index (χ1v) is 16.8. The van der Waals surface area contributed by atoms with E-state index in [2.05, 4.69) is 28.7 Å². The average Bonchev–Trinajstić information content (AvgIpc) is 2.87. The Hall–Kier alpha value is -1.79. The van der Waals surface area contributed by atoms with Crippen molar-refractivity contribution in [1.82, 2.24) is 9.62 Å². The minimum Gasteiger partial charge on any atom is -0.505 e. The largest absolute Gasteiger partial charge is 0.505 e. The predicted octanol–water partition coefficient (Wildman–Crippen LogP) is 6.09. The van der Waals surface area contributed by atoms with E-state index >= 15 is 0 Å². The molecule has 13 heteroatoms. The first-order chi connectivity index (χ1) is 18.8. The van der Waals surface area contributed by atoms with Crippen LogP contribution in [-0.4, -0.2) is 53.0 Å². The van der Waals surface area contributed by atoms with Crippen LogP contribution in [0.4, 0.5) is 0 Å². The summed E-state index contributed by atoms with van der Waals surface area (Å²) >= 11 is 18.2. The van der Waals surface area contributed by atoms with Crippen molar-refractivity contribution in [1.29, 1.82) is 0 Å². The van der Waals surface area contributed by atoms with E-state index in [1.807, 2.05) is 0 Å². The van der Waals surface area contributed by atoms with Gasteiger partial charge in [-0.15, -0.1) is 0 Å². The molecular formula is C27H31Cl3N2O6S2. The fourth-order valence-electron chi connectivity index (χ4n) is 4.79. The van der Waals surface area contributed by atoms with Crippen molar-refractivity contribution < 1.29 is 26.1 Å². The summed E-state index contributed by atoms with van der Waals surface area (Å²) in [5, 5.41) is 9.66. The highest BCUT2D eigenvalue weighted by Gasteiger charge is 2.30. The van der Waals surface area contributed by atoms with Crippen molar-refractivity contribution in [3.05, 3.63) is 68.2 Å². The van der Waals surface area contributed by atoms with Crippen LogP contribution >= 0.6 is 34.8 Å². The molecule has 1 heterocycles. The quantitative estimate of drug-likeness (QED) is 0.237. The molecule has 1 fully saturated rings. The number of rotatable bonds is 10. The summed E-state index contributed by atoms with van der Waals surface area (Å²) in [5.41, 5.74) is 3.28. The van der Waals surface area contributed by atoms with Crippen LogP contribution in [0, 0.1) is 12.8 Å². The molecule has 0 bridgehead atoms. The molecule has 2 aliphatic rings. The first kappa shape index (κ1) is 31.2. The van der Waals surface area contributed by atoms with Gasteiger partial charge in [0.15, 0.2) is 11.5 Å². The molecule has 2 aromatic rings. The lowest BCUT2D eigenvalue weighted by atomic mass is 9.87. The van der Waals surface area contributed by atoms with E-state index in [0.717, 1.165) is 57.1 Å². The van der Waals surface area contributed by atoms with E-state index < -0.39 is 41.4 Å². The topological polar surface area (TPSA) is 113 Å². The Labute approximate surface area is 250 Å². The highest BCUT2D eigenvalue weighted by Crippen LogP contribution is 2.39. The van der Waals surface area contributed by atoms with Gasteiger partial charge in [-0.25, -0.2) is 13.1 Å². The fraction of sp³-hybridized carbons (Fsp3) is 0.407. The van der Waals surface area contributed by atoms with Gasteiger partial charge in [0, 0.05) is 24.7 Å². The Morgan fingerprint density at radius 2 is 1.77 bits per heavy atom. The van der Waals surface area contributed by atoms with E-state index in [-0.39, 0.29) is 21.6 Å². The van der Waals surface area contributed by atoms with Crippen LogP contribution in [0.1, 0.15) is 38.2 Å². The molecule has 1 saturated heterocycles. The number of phenols is 1. The standard InChI is InChI=1S/C27H31Cl3N2O6S2/c1-17-5-6-19-7-10-32(16-20(19)11-17)9-4-3-8-31-39(34,35)25-15-21(28)14-23(30)27(25)38-40(36,37)24-13-18(2)12-22(29)26(24)33/h6,11-15,17,31,33H,3-5,7-10,16H2,1-2H3. The molecule has 2 aromatic carbocycles. The first-order valence-electron chi connectivity index (χ1n) is 12.8. The summed E-state index contributed by atoms with van der Waals surface area (Å²) in [4.78, 5) is 1.20. The van der Waals surface area contributed by atoms with E-state index in [9.17, 15) is 21.9 Å². The van der Waals surface area contributed by atoms with Crippen LogP contribution in [0.15, 0.2) is 57.4 Å². The van der Waals surface area contributed by atoms with Crippen LogP contribution in [0.2, 0.25) is 15.1 Å². The number of fused-ring (bicyclic) bond motifs is 1. The lowest BCUT2D eigenvalue weighted by Crippen LogP contribution is -2.34. The number of unbranched alkanes of at least 4 members (excludes halogenated alkanes) is 1. The second kappa shape index (κ2) is 12.6. The van der Waals surface area contributed by atoms with Crippen LogP contribution in [0.3, 0.4) is 0 Å². The van der Waals surface area contributed by atoms with Gasteiger partial charge in [0.05, 0.1) is 10.0 Å². The molecule has 2 N–H and O–H groups in total. The lowest BCUT2D eigenvalue weighted by molar-refractivity contribution is 0.277. The Kier molecular flexibility index (Phi) is 9.82. The summed E-state index contributed by atoms with van der Waals surface area (Å²) in [6.45, 7) is 6.62. The molecule has 40 heavy (non-hydrogen) atoms. The molecule has 1 atom stereocenters.